The van der Waals surface area contributed by atoms with Crippen LogP contribution in [0.1, 0.15) is 28.7 Å². The molecule has 1 N–H and O–H groups in total. The number of amides is 1. The highest BCUT2D eigenvalue weighted by Gasteiger charge is 2.31. The molecule has 40 heavy (non-hydrogen) atoms. The summed E-state index contributed by atoms with van der Waals surface area (Å²) in [5, 5.41) is 6.81. The summed E-state index contributed by atoms with van der Waals surface area (Å²) in [4.78, 5) is 21.6. The third-order valence-electron chi connectivity index (χ3n) is 5.91. The van der Waals surface area contributed by atoms with Gasteiger partial charge in [0.2, 0.25) is 5.88 Å². The van der Waals surface area contributed by atoms with Crippen molar-refractivity contribution in [2.45, 2.75) is 26.6 Å². The zero-order chi connectivity index (χ0) is 28.4. The number of pyridine rings is 1. The highest BCUT2D eigenvalue weighted by molar-refractivity contribution is 6.03. The molecule has 3 aromatic heterocycles. The zero-order valence-corrected chi connectivity index (χ0v) is 21.2. The highest BCUT2D eigenvalue weighted by Crippen LogP contribution is 2.31. The Labute approximate surface area is 225 Å². The average Bonchev–Trinajstić information content (AvgIpc) is 3.38. The Morgan fingerprint density at radius 2 is 1.80 bits per heavy atom. The summed E-state index contributed by atoms with van der Waals surface area (Å²) in [5.41, 5.74) is 3.11. The summed E-state index contributed by atoms with van der Waals surface area (Å²) < 4.78 is 63.6. The smallest absolute Gasteiger partial charge is 0.435 e. The predicted octanol–water partition coefficient (Wildman–Crippen LogP) is 6.74. The minimum Gasteiger partial charge on any atom is -0.435 e. The molecule has 204 valence electrons. The first-order valence-electron chi connectivity index (χ1n) is 12.1. The maximum Gasteiger partial charge on any atom is 0.573 e. The fraction of sp³-hybridized carbons (Fsp3) is 0.143. The molecule has 8 nitrogen and oxygen atoms in total. The number of rotatable bonds is 7. The Morgan fingerprint density at radius 3 is 2.50 bits per heavy atom. The molecule has 0 unspecified atom stereocenters. The van der Waals surface area contributed by atoms with E-state index in [1.165, 1.54) is 34.8 Å². The monoisotopic (exact) mass is 551 g/mol. The van der Waals surface area contributed by atoms with Crippen molar-refractivity contribution in [1.29, 1.82) is 0 Å². The van der Waals surface area contributed by atoms with E-state index in [2.05, 4.69) is 25.1 Å². The molecule has 0 radical (unpaired) electrons. The second-order valence-corrected chi connectivity index (χ2v) is 8.62. The van der Waals surface area contributed by atoms with Crippen molar-refractivity contribution < 1.29 is 31.8 Å². The van der Waals surface area contributed by atoms with Gasteiger partial charge in [0.25, 0.3) is 5.91 Å². The van der Waals surface area contributed by atoms with Gasteiger partial charge < -0.3 is 14.8 Å². The first kappa shape index (κ1) is 26.6. The SMILES string of the molecule is CCc1c(C)nc2ccnn2c1Oc1ccc(NC(=O)c2cccc(-c3ccc(OC(F)(F)F)cc3)n2)cc1F. The number of ether oxygens (including phenoxy) is 2. The van der Waals surface area contributed by atoms with Crippen LogP contribution in [-0.4, -0.2) is 31.9 Å². The first-order valence-corrected chi connectivity index (χ1v) is 12.1. The van der Waals surface area contributed by atoms with Crippen LogP contribution < -0.4 is 14.8 Å². The van der Waals surface area contributed by atoms with E-state index >= 15 is 4.39 Å². The predicted molar refractivity (Wildman–Crippen MR) is 138 cm³/mol. The summed E-state index contributed by atoms with van der Waals surface area (Å²) >= 11 is 0. The molecular weight excluding hydrogens is 530 g/mol. The number of hydrogen-bond donors (Lipinski definition) is 1. The van der Waals surface area contributed by atoms with Crippen molar-refractivity contribution in [3.05, 3.63) is 95.7 Å². The maximum atomic E-state index is 15.1. The van der Waals surface area contributed by atoms with Gasteiger partial charge in [0.15, 0.2) is 17.2 Å². The van der Waals surface area contributed by atoms with E-state index in [0.29, 0.717) is 29.2 Å². The Kier molecular flexibility index (Phi) is 7.07. The number of benzene rings is 2. The number of carbonyl (C=O) groups excluding carboxylic acids is 1. The number of anilines is 1. The molecule has 0 saturated heterocycles. The third-order valence-corrected chi connectivity index (χ3v) is 5.91. The van der Waals surface area contributed by atoms with Gasteiger partial charge in [0.1, 0.15) is 11.4 Å². The Morgan fingerprint density at radius 1 is 1.02 bits per heavy atom. The van der Waals surface area contributed by atoms with Crippen LogP contribution >= 0.6 is 0 Å². The van der Waals surface area contributed by atoms with E-state index in [9.17, 15) is 18.0 Å². The van der Waals surface area contributed by atoms with Gasteiger partial charge in [0, 0.05) is 34.6 Å². The lowest BCUT2D eigenvalue weighted by Gasteiger charge is -2.14. The molecule has 0 aliphatic rings. The number of aryl methyl sites for hydroxylation is 1. The number of carbonyl (C=O) groups is 1. The van der Waals surface area contributed by atoms with Crippen molar-refractivity contribution >= 4 is 17.2 Å². The first-order chi connectivity index (χ1) is 19.1. The van der Waals surface area contributed by atoms with E-state index < -0.39 is 18.1 Å². The topological polar surface area (TPSA) is 90.6 Å². The lowest BCUT2D eigenvalue weighted by Crippen LogP contribution is -2.17. The quantitative estimate of drug-likeness (QED) is 0.225. The van der Waals surface area contributed by atoms with Crippen LogP contribution in [0.4, 0.5) is 23.2 Å². The van der Waals surface area contributed by atoms with Gasteiger partial charge in [-0.25, -0.2) is 14.4 Å². The minimum atomic E-state index is -4.80. The van der Waals surface area contributed by atoms with Crippen LogP contribution in [0.2, 0.25) is 0 Å². The summed E-state index contributed by atoms with van der Waals surface area (Å²) in [6, 6.07) is 15.4. The number of hydrogen-bond acceptors (Lipinski definition) is 6. The molecule has 5 rings (SSSR count). The van der Waals surface area contributed by atoms with Gasteiger partial charge in [-0.05, 0) is 61.9 Å². The van der Waals surface area contributed by atoms with Crippen LogP contribution in [-0.2, 0) is 6.42 Å². The summed E-state index contributed by atoms with van der Waals surface area (Å²) in [7, 11) is 0. The molecule has 1 amide bonds. The van der Waals surface area contributed by atoms with Gasteiger partial charge in [-0.3, -0.25) is 4.79 Å². The minimum absolute atomic E-state index is 0.0229. The molecule has 0 fully saturated rings. The summed E-state index contributed by atoms with van der Waals surface area (Å²) in [5.74, 6) is -1.41. The molecule has 3 heterocycles. The number of nitrogens with zero attached hydrogens (tertiary/aromatic N) is 4. The fourth-order valence-electron chi connectivity index (χ4n) is 4.08. The molecular formula is C28H21F4N5O3. The number of fused-ring (bicyclic) bond motifs is 1. The summed E-state index contributed by atoms with van der Waals surface area (Å²) in [6.07, 6.45) is -2.63. The number of nitrogens with one attached hydrogen (secondary N) is 1. The third kappa shape index (κ3) is 5.70. The van der Waals surface area contributed by atoms with Crippen LogP contribution in [0.15, 0.2) is 72.9 Å². The van der Waals surface area contributed by atoms with Crippen molar-refractivity contribution in [1.82, 2.24) is 19.6 Å². The number of halogens is 4. The molecule has 5 aromatic rings. The molecule has 0 saturated carbocycles. The van der Waals surface area contributed by atoms with Crippen LogP contribution in [0.3, 0.4) is 0 Å². The number of aromatic nitrogens is 4. The zero-order valence-electron chi connectivity index (χ0n) is 21.2. The molecule has 0 aliphatic carbocycles. The summed E-state index contributed by atoms with van der Waals surface area (Å²) in [6.45, 7) is 3.77. The van der Waals surface area contributed by atoms with E-state index in [0.717, 1.165) is 29.5 Å². The second kappa shape index (κ2) is 10.6. The van der Waals surface area contributed by atoms with Crippen LogP contribution in [0.5, 0.6) is 17.4 Å². The molecule has 0 aliphatic heterocycles. The fourth-order valence-corrected chi connectivity index (χ4v) is 4.08. The maximum absolute atomic E-state index is 15.1. The molecule has 0 spiro atoms. The van der Waals surface area contributed by atoms with E-state index in [4.69, 9.17) is 4.74 Å². The standard InChI is InChI=1S/C28H21F4N5O3/c1-3-20-16(2)34-25-13-14-33-37(25)27(20)39-24-12-9-18(15-21(24)29)35-26(38)23-6-4-5-22(36-23)17-7-10-19(11-8-17)40-28(30,31)32/h4-15H,3H2,1-2H3,(H,35,38). The van der Waals surface area contributed by atoms with Crippen LogP contribution in [0, 0.1) is 12.7 Å². The van der Waals surface area contributed by atoms with Crippen molar-refractivity contribution in [2.24, 2.45) is 0 Å². The normalized spacial score (nSPS) is 11.4. The van der Waals surface area contributed by atoms with Crippen molar-refractivity contribution in [3.63, 3.8) is 0 Å². The van der Waals surface area contributed by atoms with Crippen molar-refractivity contribution in [2.75, 3.05) is 5.32 Å². The van der Waals surface area contributed by atoms with Crippen molar-refractivity contribution in [3.8, 4) is 28.6 Å². The molecule has 0 atom stereocenters. The average molecular weight is 552 g/mol. The van der Waals surface area contributed by atoms with Crippen LogP contribution in [0.25, 0.3) is 16.9 Å². The Bertz CT molecular complexity index is 1700. The lowest BCUT2D eigenvalue weighted by atomic mass is 10.1. The van der Waals surface area contributed by atoms with Gasteiger partial charge >= 0.3 is 6.36 Å². The Balaban J connectivity index is 1.32. The Hall–Kier alpha value is -5.00. The molecule has 12 heteroatoms. The van der Waals surface area contributed by atoms with Gasteiger partial charge in [-0.1, -0.05) is 13.0 Å². The second-order valence-electron chi connectivity index (χ2n) is 8.62. The van der Waals surface area contributed by atoms with E-state index in [1.807, 2.05) is 13.8 Å². The molecule has 2 aromatic carbocycles. The molecule has 0 bridgehead atoms. The van der Waals surface area contributed by atoms with E-state index in [1.54, 1.807) is 24.4 Å². The van der Waals surface area contributed by atoms with E-state index in [-0.39, 0.29) is 22.9 Å². The van der Waals surface area contributed by atoms with Gasteiger partial charge in [0.05, 0.1) is 11.9 Å². The number of alkyl halides is 3. The van der Waals surface area contributed by atoms with Gasteiger partial charge in [-0.2, -0.15) is 9.61 Å². The highest BCUT2D eigenvalue weighted by atomic mass is 19.4. The lowest BCUT2D eigenvalue weighted by molar-refractivity contribution is -0.274. The largest absolute Gasteiger partial charge is 0.573 e. The van der Waals surface area contributed by atoms with Gasteiger partial charge in [-0.15, -0.1) is 13.2 Å².